The number of sulfonamides is 1. The molecule has 0 saturated heterocycles. The second kappa shape index (κ2) is 1.96. The van der Waals surface area contributed by atoms with E-state index in [1.807, 2.05) is 0 Å². The van der Waals surface area contributed by atoms with Crippen LogP contribution in [0.25, 0.3) is 0 Å². The highest BCUT2D eigenvalue weighted by molar-refractivity contribution is 7.89. The molecule has 0 aliphatic heterocycles. The normalized spacial score (nSPS) is 11.7. The number of rotatable bonds is 1. The van der Waals surface area contributed by atoms with Crippen LogP contribution in [0.2, 0.25) is 0 Å². The van der Waals surface area contributed by atoms with Crippen LogP contribution in [0.5, 0.6) is 0 Å². The smallest absolute Gasteiger partial charge is 0.273 e. The maximum atomic E-state index is 10.5. The van der Waals surface area contributed by atoms with Crippen molar-refractivity contribution in [3.05, 3.63) is 12.4 Å². The predicted molar refractivity (Wildman–Crippen MR) is 33.8 cm³/mol. The van der Waals surface area contributed by atoms with E-state index < -0.39 is 10.0 Å². The Morgan fingerprint density at radius 2 is 2.20 bits per heavy atom. The highest BCUT2D eigenvalue weighted by atomic mass is 32.2. The highest BCUT2D eigenvalue weighted by Crippen LogP contribution is 1.97. The first-order valence-electron chi connectivity index (χ1n) is 2.33. The molecule has 7 heteroatoms. The SMILES string of the molecule is Nn1ccnc1S(N)(=O)=O. The van der Waals surface area contributed by atoms with Gasteiger partial charge in [0.05, 0.1) is 0 Å². The molecule has 10 heavy (non-hydrogen) atoms. The standard InChI is InChI=1S/C3H6N4O2S/c4-7-2-1-6-3(7)10(5,8)9/h1-2H,4H2,(H2,5,8,9). The molecule has 0 aliphatic carbocycles. The van der Waals surface area contributed by atoms with Crippen LogP contribution in [-0.4, -0.2) is 18.1 Å². The highest BCUT2D eigenvalue weighted by Gasteiger charge is 2.12. The Balaban J connectivity index is 3.32. The molecule has 0 fully saturated rings. The lowest BCUT2D eigenvalue weighted by Crippen LogP contribution is -2.21. The third-order valence-electron chi connectivity index (χ3n) is 0.888. The van der Waals surface area contributed by atoms with Gasteiger partial charge in [-0.05, 0) is 0 Å². The molecule has 1 rings (SSSR count). The number of nitrogens with zero attached hydrogens (tertiary/aromatic N) is 2. The predicted octanol–water partition coefficient (Wildman–Crippen LogP) is -1.76. The molecular weight excluding hydrogens is 156 g/mol. The van der Waals surface area contributed by atoms with E-state index in [-0.39, 0.29) is 5.16 Å². The second-order valence-corrected chi connectivity index (χ2v) is 3.12. The Morgan fingerprint density at radius 1 is 1.60 bits per heavy atom. The molecule has 0 unspecified atom stereocenters. The first kappa shape index (κ1) is 7.03. The molecule has 0 bridgehead atoms. The van der Waals surface area contributed by atoms with E-state index in [4.69, 9.17) is 11.0 Å². The summed E-state index contributed by atoms with van der Waals surface area (Å²) in [6, 6.07) is 0. The van der Waals surface area contributed by atoms with E-state index in [1.165, 1.54) is 12.4 Å². The molecule has 0 radical (unpaired) electrons. The summed E-state index contributed by atoms with van der Waals surface area (Å²) < 4.78 is 21.9. The van der Waals surface area contributed by atoms with Crippen LogP contribution in [0, 0.1) is 0 Å². The van der Waals surface area contributed by atoms with Crippen LogP contribution in [0.4, 0.5) is 0 Å². The van der Waals surface area contributed by atoms with Crippen molar-refractivity contribution in [2.75, 3.05) is 5.84 Å². The minimum Gasteiger partial charge on any atom is -0.337 e. The zero-order valence-electron chi connectivity index (χ0n) is 4.93. The fraction of sp³-hybridized carbons (Fsp3) is 0. The van der Waals surface area contributed by atoms with Gasteiger partial charge in [-0.1, -0.05) is 0 Å². The summed E-state index contributed by atoms with van der Waals surface area (Å²) in [5.41, 5.74) is 0. The minimum absolute atomic E-state index is 0.340. The van der Waals surface area contributed by atoms with Crippen molar-refractivity contribution in [1.29, 1.82) is 0 Å². The largest absolute Gasteiger partial charge is 0.337 e. The molecule has 0 aliphatic rings. The number of imidazole rings is 1. The third kappa shape index (κ3) is 1.09. The molecule has 0 saturated carbocycles. The fourth-order valence-corrected chi connectivity index (χ4v) is 1.08. The van der Waals surface area contributed by atoms with Crippen molar-refractivity contribution >= 4 is 10.0 Å². The van der Waals surface area contributed by atoms with Crippen molar-refractivity contribution < 1.29 is 8.42 Å². The number of nitrogen functional groups attached to an aromatic ring is 1. The van der Waals surface area contributed by atoms with Gasteiger partial charge in [0.2, 0.25) is 0 Å². The molecule has 0 aromatic carbocycles. The summed E-state index contributed by atoms with van der Waals surface area (Å²) in [6.07, 6.45) is 2.54. The van der Waals surface area contributed by atoms with E-state index in [0.29, 0.717) is 0 Å². The minimum atomic E-state index is -3.76. The fourth-order valence-electron chi connectivity index (χ4n) is 0.520. The zero-order valence-corrected chi connectivity index (χ0v) is 5.75. The monoisotopic (exact) mass is 162 g/mol. The molecule has 1 aromatic heterocycles. The lowest BCUT2D eigenvalue weighted by molar-refractivity contribution is 0.584. The van der Waals surface area contributed by atoms with Gasteiger partial charge in [0, 0.05) is 12.4 Å². The lowest BCUT2D eigenvalue weighted by atomic mass is 11.0. The van der Waals surface area contributed by atoms with Gasteiger partial charge < -0.3 is 5.84 Å². The molecule has 56 valence electrons. The van der Waals surface area contributed by atoms with Gasteiger partial charge in [-0.3, -0.25) is 0 Å². The molecule has 0 spiro atoms. The topological polar surface area (TPSA) is 104 Å². The molecular formula is C3H6N4O2S. The second-order valence-electron chi connectivity index (χ2n) is 1.66. The lowest BCUT2D eigenvalue weighted by Gasteiger charge is -1.95. The summed E-state index contributed by atoms with van der Waals surface area (Å²) >= 11 is 0. The van der Waals surface area contributed by atoms with Gasteiger partial charge in [0.15, 0.2) is 0 Å². The van der Waals surface area contributed by atoms with Crippen LogP contribution in [0.1, 0.15) is 0 Å². The summed E-state index contributed by atoms with van der Waals surface area (Å²) in [7, 11) is -3.76. The Kier molecular flexibility index (Phi) is 1.38. The Labute approximate surface area is 57.5 Å². The van der Waals surface area contributed by atoms with Crippen molar-refractivity contribution in [3.8, 4) is 0 Å². The Morgan fingerprint density at radius 3 is 2.40 bits per heavy atom. The van der Waals surface area contributed by atoms with Crippen LogP contribution in [-0.2, 0) is 10.0 Å². The van der Waals surface area contributed by atoms with E-state index >= 15 is 0 Å². The number of hydrogen-bond acceptors (Lipinski definition) is 4. The van der Waals surface area contributed by atoms with Crippen molar-refractivity contribution in [2.24, 2.45) is 5.14 Å². The zero-order chi connectivity index (χ0) is 7.78. The van der Waals surface area contributed by atoms with Crippen LogP contribution in [0.3, 0.4) is 0 Å². The average molecular weight is 162 g/mol. The molecule has 0 amide bonds. The molecule has 1 aromatic rings. The summed E-state index contributed by atoms with van der Waals surface area (Å²) in [6.45, 7) is 0. The van der Waals surface area contributed by atoms with E-state index in [9.17, 15) is 8.42 Å². The molecule has 6 nitrogen and oxygen atoms in total. The number of aromatic nitrogens is 2. The van der Waals surface area contributed by atoms with Crippen LogP contribution < -0.4 is 11.0 Å². The third-order valence-corrected chi connectivity index (χ3v) is 1.71. The number of primary sulfonamides is 1. The van der Waals surface area contributed by atoms with E-state index in [1.54, 1.807) is 0 Å². The van der Waals surface area contributed by atoms with Crippen LogP contribution >= 0.6 is 0 Å². The number of hydrogen-bond donors (Lipinski definition) is 2. The van der Waals surface area contributed by atoms with Gasteiger partial charge >= 0.3 is 0 Å². The van der Waals surface area contributed by atoms with Crippen molar-refractivity contribution in [3.63, 3.8) is 0 Å². The summed E-state index contributed by atoms with van der Waals surface area (Å²) in [5.74, 6) is 5.12. The quantitative estimate of drug-likeness (QED) is 0.477. The summed E-state index contributed by atoms with van der Waals surface area (Å²) in [5, 5.41) is 4.37. The molecule has 4 N–H and O–H groups in total. The van der Waals surface area contributed by atoms with E-state index in [0.717, 1.165) is 4.68 Å². The number of nitrogens with two attached hydrogens (primary N) is 2. The Bertz CT molecular complexity index is 326. The maximum absolute atomic E-state index is 10.5. The van der Waals surface area contributed by atoms with Crippen molar-refractivity contribution in [2.45, 2.75) is 5.16 Å². The van der Waals surface area contributed by atoms with Gasteiger partial charge in [-0.15, -0.1) is 0 Å². The van der Waals surface area contributed by atoms with E-state index in [2.05, 4.69) is 4.98 Å². The van der Waals surface area contributed by atoms with Gasteiger partial charge in [0.1, 0.15) is 0 Å². The molecule has 1 heterocycles. The van der Waals surface area contributed by atoms with Gasteiger partial charge in [-0.25, -0.2) is 23.2 Å². The Hall–Kier alpha value is -1.08. The van der Waals surface area contributed by atoms with Gasteiger partial charge in [0.25, 0.3) is 15.2 Å². The first-order valence-corrected chi connectivity index (χ1v) is 3.87. The maximum Gasteiger partial charge on any atom is 0.273 e. The molecule has 0 atom stereocenters. The first-order chi connectivity index (χ1) is 4.52. The summed E-state index contributed by atoms with van der Waals surface area (Å²) in [4.78, 5) is 3.41. The average Bonchev–Trinajstić information content (AvgIpc) is 2.11. The van der Waals surface area contributed by atoms with Gasteiger partial charge in [-0.2, -0.15) is 0 Å². The van der Waals surface area contributed by atoms with Crippen LogP contribution in [0.15, 0.2) is 17.6 Å². The van der Waals surface area contributed by atoms with Crippen molar-refractivity contribution in [1.82, 2.24) is 9.66 Å².